The van der Waals surface area contributed by atoms with Crippen LogP contribution in [0.3, 0.4) is 0 Å². The number of fused-ring (bicyclic) bond motifs is 1. The van der Waals surface area contributed by atoms with Crippen LogP contribution < -0.4 is 4.74 Å². The molecule has 1 aliphatic rings. The molecule has 1 N–H and O–H groups in total. The highest BCUT2D eigenvalue weighted by Gasteiger charge is 2.19. The number of nitrogens with one attached hydrogen (secondary N) is 1. The van der Waals surface area contributed by atoms with Crippen molar-refractivity contribution in [1.29, 1.82) is 5.26 Å². The fourth-order valence-corrected chi connectivity index (χ4v) is 4.25. The summed E-state index contributed by atoms with van der Waals surface area (Å²) in [5.74, 6) is 0.643. The number of H-pyrrole nitrogens is 1. The summed E-state index contributed by atoms with van der Waals surface area (Å²) in [6, 6.07) is 16.6. The lowest BCUT2D eigenvalue weighted by Crippen LogP contribution is -2.26. The van der Waals surface area contributed by atoms with Crippen LogP contribution in [0.2, 0.25) is 0 Å². The van der Waals surface area contributed by atoms with E-state index in [0.717, 1.165) is 46.1 Å². The molecule has 33 heavy (non-hydrogen) atoms. The Labute approximate surface area is 193 Å². The number of nitriles is 1. The molecule has 3 heterocycles. The summed E-state index contributed by atoms with van der Waals surface area (Å²) in [4.78, 5) is 3.53. The second kappa shape index (κ2) is 8.42. The summed E-state index contributed by atoms with van der Waals surface area (Å²) in [7, 11) is 0. The summed E-state index contributed by atoms with van der Waals surface area (Å²) in [6.07, 6.45) is 5.77. The van der Waals surface area contributed by atoms with E-state index in [9.17, 15) is 5.26 Å². The number of ether oxygens (including phenoxy) is 2. The number of aromatic amines is 1. The molecule has 0 saturated carbocycles. The van der Waals surface area contributed by atoms with Crippen LogP contribution in [0.25, 0.3) is 33.3 Å². The average Bonchev–Trinajstić information content (AvgIpc) is 3.47. The molecule has 1 aliphatic heterocycles. The van der Waals surface area contributed by atoms with E-state index in [1.807, 2.05) is 35.1 Å². The van der Waals surface area contributed by atoms with E-state index >= 15 is 0 Å². The predicted octanol–water partition coefficient (Wildman–Crippen LogP) is 5.88. The molecule has 1 saturated heterocycles. The number of hydrogen-bond acceptors (Lipinski definition) is 4. The summed E-state index contributed by atoms with van der Waals surface area (Å²) < 4.78 is 13.5. The van der Waals surface area contributed by atoms with E-state index in [-0.39, 0.29) is 11.6 Å². The lowest BCUT2D eigenvalue weighted by atomic mass is 9.99. The lowest BCUT2D eigenvalue weighted by Gasteiger charge is -2.24. The molecule has 6 heteroatoms. The average molecular weight is 441 g/mol. The molecule has 0 aliphatic carbocycles. The fraction of sp³-hybridized carbons (Fsp3) is 0.333. The van der Waals surface area contributed by atoms with Crippen LogP contribution in [0.15, 0.2) is 54.9 Å². The van der Waals surface area contributed by atoms with Crippen molar-refractivity contribution >= 4 is 10.9 Å². The molecular weight excluding hydrogens is 412 g/mol. The molecule has 4 aromatic rings. The van der Waals surface area contributed by atoms with Gasteiger partial charge in [0.25, 0.3) is 0 Å². The van der Waals surface area contributed by atoms with Crippen molar-refractivity contribution in [1.82, 2.24) is 14.8 Å². The normalized spacial score (nSPS) is 15.0. The topological polar surface area (TPSA) is 75.9 Å². The van der Waals surface area contributed by atoms with Crippen molar-refractivity contribution in [3.8, 4) is 34.2 Å². The highest BCUT2D eigenvalue weighted by Crippen LogP contribution is 2.35. The Bertz CT molecular complexity index is 1330. The highest BCUT2D eigenvalue weighted by atomic mass is 16.5. The van der Waals surface area contributed by atoms with Crippen molar-refractivity contribution in [2.45, 2.75) is 45.3 Å². The first kappa shape index (κ1) is 21.3. The molecule has 168 valence electrons. The smallest absolute Gasteiger partial charge is 0.137 e. The number of benzene rings is 2. The third kappa shape index (κ3) is 4.24. The molecular formula is C27H28N4O2. The van der Waals surface area contributed by atoms with Gasteiger partial charge in [-0.3, -0.25) is 4.68 Å². The van der Waals surface area contributed by atoms with Crippen molar-refractivity contribution < 1.29 is 9.47 Å². The first-order valence-electron chi connectivity index (χ1n) is 11.4. The minimum Gasteiger partial charge on any atom is -0.489 e. The monoisotopic (exact) mass is 440 g/mol. The zero-order valence-corrected chi connectivity index (χ0v) is 19.3. The van der Waals surface area contributed by atoms with Crippen LogP contribution in [0, 0.1) is 11.3 Å². The molecule has 1 fully saturated rings. The van der Waals surface area contributed by atoms with E-state index < -0.39 is 0 Å². The van der Waals surface area contributed by atoms with Gasteiger partial charge in [0.1, 0.15) is 17.9 Å². The minimum atomic E-state index is -0.0718. The number of rotatable bonds is 4. The second-order valence-corrected chi connectivity index (χ2v) is 9.55. The van der Waals surface area contributed by atoms with Crippen LogP contribution >= 0.6 is 0 Å². The highest BCUT2D eigenvalue weighted by molar-refractivity contribution is 5.98. The number of nitrogens with zero attached hydrogens (tertiary/aromatic N) is 3. The maximum Gasteiger partial charge on any atom is 0.137 e. The molecule has 0 unspecified atom stereocenters. The van der Waals surface area contributed by atoms with Crippen LogP contribution in [0.1, 0.15) is 39.2 Å². The zero-order chi connectivity index (χ0) is 23.0. The van der Waals surface area contributed by atoms with Crippen molar-refractivity contribution in [3.63, 3.8) is 0 Å². The van der Waals surface area contributed by atoms with E-state index in [1.54, 1.807) is 0 Å². The van der Waals surface area contributed by atoms with Crippen molar-refractivity contribution in [2.75, 3.05) is 13.2 Å². The van der Waals surface area contributed by atoms with Crippen molar-refractivity contribution in [2.24, 2.45) is 0 Å². The Morgan fingerprint density at radius 2 is 1.94 bits per heavy atom. The van der Waals surface area contributed by atoms with Crippen LogP contribution in [0.4, 0.5) is 0 Å². The Hall–Kier alpha value is -3.56. The zero-order valence-electron chi connectivity index (χ0n) is 19.3. The van der Waals surface area contributed by atoms with E-state index in [4.69, 9.17) is 9.47 Å². The fourth-order valence-electron chi connectivity index (χ4n) is 4.25. The van der Waals surface area contributed by atoms with Gasteiger partial charge in [0.05, 0.1) is 30.5 Å². The Morgan fingerprint density at radius 1 is 1.12 bits per heavy atom. The van der Waals surface area contributed by atoms with Gasteiger partial charge in [-0.1, -0.05) is 18.2 Å². The van der Waals surface area contributed by atoms with E-state index in [1.165, 1.54) is 0 Å². The van der Waals surface area contributed by atoms with Gasteiger partial charge in [-0.2, -0.15) is 10.4 Å². The Morgan fingerprint density at radius 3 is 2.67 bits per heavy atom. The molecule has 5 rings (SSSR count). The standard InChI is InChI=1S/C27H28N4O2/c1-27(2,3)31-17-20(16-29-31)25-14-23-22(5-4-6-24(23)30-25)18-7-8-26(19(13-18)15-28)33-21-9-11-32-12-10-21/h4-8,13-14,16-17,21,30H,9-12H2,1-3H3. The van der Waals surface area contributed by atoms with Gasteiger partial charge in [0, 0.05) is 41.2 Å². The minimum absolute atomic E-state index is 0.0718. The van der Waals surface area contributed by atoms with Gasteiger partial charge in [-0.25, -0.2) is 0 Å². The first-order chi connectivity index (χ1) is 15.9. The van der Waals surface area contributed by atoms with Crippen LogP contribution in [-0.2, 0) is 10.3 Å². The van der Waals surface area contributed by atoms with Gasteiger partial charge in [0.2, 0.25) is 0 Å². The molecule has 2 aromatic heterocycles. The van der Waals surface area contributed by atoms with Gasteiger partial charge >= 0.3 is 0 Å². The van der Waals surface area contributed by atoms with E-state index in [0.29, 0.717) is 24.5 Å². The largest absolute Gasteiger partial charge is 0.489 e. The van der Waals surface area contributed by atoms with Gasteiger partial charge in [-0.15, -0.1) is 0 Å². The predicted molar refractivity (Wildman–Crippen MR) is 129 cm³/mol. The molecule has 2 aromatic carbocycles. The second-order valence-electron chi connectivity index (χ2n) is 9.55. The molecule has 0 bridgehead atoms. The van der Waals surface area contributed by atoms with Gasteiger partial charge in [0.15, 0.2) is 0 Å². The lowest BCUT2D eigenvalue weighted by molar-refractivity contribution is 0.0254. The number of hydrogen-bond donors (Lipinski definition) is 1. The Kier molecular flexibility index (Phi) is 5.43. The van der Waals surface area contributed by atoms with Crippen LogP contribution in [-0.4, -0.2) is 34.1 Å². The summed E-state index contributed by atoms with van der Waals surface area (Å²) in [5, 5.41) is 15.4. The van der Waals surface area contributed by atoms with Gasteiger partial charge < -0.3 is 14.5 Å². The quantitative estimate of drug-likeness (QED) is 0.430. The molecule has 0 radical (unpaired) electrons. The van der Waals surface area contributed by atoms with E-state index in [2.05, 4.69) is 61.3 Å². The maximum atomic E-state index is 9.78. The Balaban J connectivity index is 1.49. The summed E-state index contributed by atoms with van der Waals surface area (Å²) in [6.45, 7) is 7.81. The maximum absolute atomic E-state index is 9.78. The third-order valence-corrected chi connectivity index (χ3v) is 6.12. The molecule has 6 nitrogen and oxygen atoms in total. The van der Waals surface area contributed by atoms with Crippen LogP contribution in [0.5, 0.6) is 5.75 Å². The first-order valence-corrected chi connectivity index (χ1v) is 11.4. The third-order valence-electron chi connectivity index (χ3n) is 6.12. The molecule has 0 spiro atoms. The molecule has 0 amide bonds. The summed E-state index contributed by atoms with van der Waals surface area (Å²) >= 11 is 0. The van der Waals surface area contributed by atoms with Gasteiger partial charge in [-0.05, 0) is 56.2 Å². The van der Waals surface area contributed by atoms with Crippen molar-refractivity contribution in [3.05, 3.63) is 60.4 Å². The SMILES string of the molecule is CC(C)(C)n1cc(-c2cc3c(-c4ccc(OC5CCOCC5)c(C#N)c4)cccc3[nH]2)cn1. The number of aromatic nitrogens is 3. The summed E-state index contributed by atoms with van der Waals surface area (Å²) in [5.41, 5.74) is 5.67. The molecule has 0 atom stereocenters.